The van der Waals surface area contributed by atoms with Crippen molar-refractivity contribution in [3.8, 4) is 11.5 Å². The zero-order valence-electron chi connectivity index (χ0n) is 27.1. The van der Waals surface area contributed by atoms with Gasteiger partial charge in [-0.2, -0.15) is 10.1 Å². The van der Waals surface area contributed by atoms with Gasteiger partial charge in [0.05, 0.1) is 25.1 Å². The molecule has 0 fully saturated rings. The fourth-order valence-corrected chi connectivity index (χ4v) is 6.77. The molecule has 3 aliphatic heterocycles. The molecule has 6 rings (SSSR count). The van der Waals surface area contributed by atoms with Crippen LogP contribution in [0.25, 0.3) is 0 Å². The summed E-state index contributed by atoms with van der Waals surface area (Å²) in [6, 6.07) is 10.3. The van der Waals surface area contributed by atoms with Gasteiger partial charge in [-0.25, -0.2) is 14.7 Å². The molecule has 0 N–H and O–H groups in total. The highest BCUT2D eigenvalue weighted by atomic mass is 16.5. The number of rotatable bonds is 11. The Bertz CT molecular complexity index is 1610. The summed E-state index contributed by atoms with van der Waals surface area (Å²) in [6.45, 7) is 11.5. The van der Waals surface area contributed by atoms with Gasteiger partial charge in [-0.05, 0) is 99.9 Å². The van der Waals surface area contributed by atoms with E-state index in [0.29, 0.717) is 29.9 Å². The van der Waals surface area contributed by atoms with Crippen LogP contribution in [-0.2, 0) is 12.8 Å². The molecule has 0 saturated carbocycles. The van der Waals surface area contributed by atoms with E-state index in [4.69, 9.17) is 24.5 Å². The molecule has 44 heavy (non-hydrogen) atoms. The third-order valence-electron chi connectivity index (χ3n) is 9.03. The molecule has 232 valence electrons. The number of aliphatic imine (C=N–C) groups is 3. The van der Waals surface area contributed by atoms with E-state index < -0.39 is 0 Å². The maximum atomic E-state index is 6.22. The minimum Gasteiger partial charge on any atom is -0.496 e. The Labute approximate surface area is 261 Å². The van der Waals surface area contributed by atoms with E-state index in [9.17, 15) is 0 Å². The molecule has 0 amide bonds. The summed E-state index contributed by atoms with van der Waals surface area (Å²) in [6.07, 6.45) is 11.9. The number of methoxy groups -OCH3 is 1. The highest BCUT2D eigenvalue weighted by Gasteiger charge is 2.29. The fraction of sp³-hybridized carbons (Fsp3) is 0.500. The van der Waals surface area contributed by atoms with E-state index in [2.05, 4.69) is 29.9 Å². The van der Waals surface area contributed by atoms with E-state index in [0.717, 1.165) is 60.7 Å². The number of aromatic nitrogens is 2. The lowest BCUT2D eigenvalue weighted by Gasteiger charge is -2.38. The van der Waals surface area contributed by atoms with Gasteiger partial charge in [0.25, 0.3) is 5.96 Å². The van der Waals surface area contributed by atoms with Crippen LogP contribution in [0.1, 0.15) is 91.9 Å². The van der Waals surface area contributed by atoms with Crippen molar-refractivity contribution in [2.45, 2.75) is 91.9 Å². The van der Waals surface area contributed by atoms with Crippen LogP contribution in [0.5, 0.6) is 11.5 Å². The van der Waals surface area contributed by atoms with Crippen LogP contribution >= 0.6 is 0 Å². The van der Waals surface area contributed by atoms with Crippen LogP contribution in [-0.4, -0.2) is 54.1 Å². The molecule has 0 aliphatic carbocycles. The van der Waals surface area contributed by atoms with Crippen molar-refractivity contribution in [1.82, 2.24) is 9.78 Å². The Kier molecular flexibility index (Phi) is 9.14. The summed E-state index contributed by atoms with van der Waals surface area (Å²) in [5, 5.41) is 4.68. The van der Waals surface area contributed by atoms with Crippen LogP contribution in [0.2, 0.25) is 0 Å². The zero-order valence-corrected chi connectivity index (χ0v) is 27.1. The Morgan fingerprint density at radius 2 is 1.70 bits per heavy atom. The second-order valence-electron chi connectivity index (χ2n) is 12.3. The number of aryl methyl sites for hydroxylation is 3. The molecule has 0 atom stereocenters. The van der Waals surface area contributed by atoms with Gasteiger partial charge in [0.15, 0.2) is 5.84 Å². The molecule has 1 aromatic heterocycles. The molecular formula is C36H46N6O2. The van der Waals surface area contributed by atoms with Gasteiger partial charge in [-0.1, -0.05) is 39.0 Å². The summed E-state index contributed by atoms with van der Waals surface area (Å²) < 4.78 is 13.9. The molecule has 4 heterocycles. The largest absolute Gasteiger partial charge is 0.496 e. The van der Waals surface area contributed by atoms with Crippen molar-refractivity contribution in [2.75, 3.05) is 31.7 Å². The van der Waals surface area contributed by atoms with Gasteiger partial charge < -0.3 is 14.4 Å². The van der Waals surface area contributed by atoms with Crippen molar-refractivity contribution in [1.29, 1.82) is 0 Å². The highest BCUT2D eigenvalue weighted by Crippen LogP contribution is 2.41. The molecule has 0 radical (unpaired) electrons. The van der Waals surface area contributed by atoms with E-state index >= 15 is 0 Å². The predicted molar refractivity (Wildman–Crippen MR) is 180 cm³/mol. The Hall–Kier alpha value is -3.94. The van der Waals surface area contributed by atoms with Gasteiger partial charge in [-0.15, -0.1) is 0 Å². The van der Waals surface area contributed by atoms with Gasteiger partial charge in [0.1, 0.15) is 17.2 Å². The van der Waals surface area contributed by atoms with Crippen molar-refractivity contribution in [3.63, 3.8) is 0 Å². The first kappa shape index (κ1) is 30.1. The number of benzene rings is 2. The fourth-order valence-electron chi connectivity index (χ4n) is 6.77. The van der Waals surface area contributed by atoms with Crippen molar-refractivity contribution >= 4 is 28.9 Å². The highest BCUT2D eigenvalue weighted by molar-refractivity contribution is 6.53. The molecular weight excluding hydrogens is 548 g/mol. The molecule has 0 bridgehead atoms. The first-order chi connectivity index (χ1) is 21.5. The van der Waals surface area contributed by atoms with E-state index in [1.807, 2.05) is 38.1 Å². The summed E-state index contributed by atoms with van der Waals surface area (Å²) in [4.78, 5) is 17.9. The number of amidine groups is 1. The first-order valence-electron chi connectivity index (χ1n) is 16.5. The van der Waals surface area contributed by atoms with Crippen LogP contribution in [0.15, 0.2) is 45.3 Å². The first-order valence-corrected chi connectivity index (χ1v) is 16.5. The standard InChI is InChI=1S/C36H46N6O2/c1-6-7-8-9-10-11-20-44-28-16-17-32(43-5)30(23-28)33-35(39-36(38-33)42-25(3)21-24(2)40-42)37-31-22-27-14-12-18-41-19-13-15-29(26(31)4)34(27)41/h16-17,21-23H,6-15,18-20H2,1-5H3/b37-35-. The Balaban J connectivity index is 1.37. The summed E-state index contributed by atoms with van der Waals surface area (Å²) in [5.74, 6) is 2.58. The van der Waals surface area contributed by atoms with Crippen molar-refractivity contribution in [3.05, 3.63) is 64.0 Å². The lowest BCUT2D eigenvalue weighted by molar-refractivity contribution is 0.303. The van der Waals surface area contributed by atoms with Gasteiger partial charge in [-0.3, -0.25) is 0 Å². The minimum atomic E-state index is 0.507. The van der Waals surface area contributed by atoms with E-state index in [-0.39, 0.29) is 0 Å². The van der Waals surface area contributed by atoms with E-state index in [1.54, 1.807) is 11.8 Å². The number of ether oxygens (including phenoxy) is 2. The van der Waals surface area contributed by atoms with Crippen molar-refractivity contribution in [2.24, 2.45) is 15.0 Å². The van der Waals surface area contributed by atoms with Crippen LogP contribution < -0.4 is 14.4 Å². The van der Waals surface area contributed by atoms with Crippen LogP contribution in [0, 0.1) is 20.8 Å². The third kappa shape index (κ3) is 6.17. The average molecular weight is 595 g/mol. The minimum absolute atomic E-state index is 0.507. The molecule has 8 nitrogen and oxygen atoms in total. The van der Waals surface area contributed by atoms with E-state index in [1.165, 1.54) is 67.3 Å². The summed E-state index contributed by atoms with van der Waals surface area (Å²) in [5.41, 5.74) is 9.88. The summed E-state index contributed by atoms with van der Waals surface area (Å²) in [7, 11) is 1.69. The number of hydrogen-bond donors (Lipinski definition) is 0. The SMILES string of the molecule is CCCCCCCCOc1ccc(OC)c(C2=NC(n3nc(C)cc3C)=N/C2=N\c2cc3c4c(c2C)CCCN4CCC3)c1. The van der Waals surface area contributed by atoms with Crippen LogP contribution in [0.3, 0.4) is 0 Å². The second kappa shape index (κ2) is 13.4. The predicted octanol–water partition coefficient (Wildman–Crippen LogP) is 7.69. The lowest BCUT2D eigenvalue weighted by atomic mass is 9.88. The zero-order chi connectivity index (χ0) is 30.6. The number of unbranched alkanes of at least 4 members (excludes halogenated alkanes) is 5. The van der Waals surface area contributed by atoms with Crippen LogP contribution in [0.4, 0.5) is 11.4 Å². The third-order valence-corrected chi connectivity index (χ3v) is 9.03. The Morgan fingerprint density at radius 3 is 2.48 bits per heavy atom. The Morgan fingerprint density at radius 1 is 0.909 bits per heavy atom. The molecule has 0 spiro atoms. The quantitative estimate of drug-likeness (QED) is 0.213. The average Bonchev–Trinajstić information content (AvgIpc) is 3.60. The summed E-state index contributed by atoms with van der Waals surface area (Å²) >= 11 is 0. The lowest BCUT2D eigenvalue weighted by Crippen LogP contribution is -2.34. The topological polar surface area (TPSA) is 76.6 Å². The maximum absolute atomic E-state index is 6.22. The number of anilines is 1. The second-order valence-corrected chi connectivity index (χ2v) is 12.3. The van der Waals surface area contributed by atoms with Gasteiger partial charge in [0.2, 0.25) is 0 Å². The normalized spacial score (nSPS) is 16.7. The smallest absolute Gasteiger partial charge is 0.253 e. The molecule has 0 unspecified atom stereocenters. The monoisotopic (exact) mass is 594 g/mol. The molecule has 8 heteroatoms. The van der Waals surface area contributed by atoms with Crippen molar-refractivity contribution < 1.29 is 9.47 Å². The molecule has 2 aromatic carbocycles. The molecule has 3 aliphatic rings. The molecule has 0 saturated heterocycles. The van der Waals surface area contributed by atoms with Gasteiger partial charge >= 0.3 is 0 Å². The molecule has 3 aromatic rings. The number of nitrogens with zero attached hydrogens (tertiary/aromatic N) is 6. The maximum Gasteiger partial charge on any atom is 0.253 e. The van der Waals surface area contributed by atoms with Gasteiger partial charge in [0, 0.05) is 30.0 Å². The number of hydrogen-bond acceptors (Lipinski definition) is 6.